The van der Waals surface area contributed by atoms with Crippen molar-refractivity contribution in [2.24, 2.45) is 0 Å². The molecule has 1 aromatic heterocycles. The summed E-state index contributed by atoms with van der Waals surface area (Å²) in [6.07, 6.45) is 2.40. The molecule has 0 radical (unpaired) electrons. The zero-order valence-corrected chi connectivity index (χ0v) is 10.5. The number of anilines is 2. The summed E-state index contributed by atoms with van der Waals surface area (Å²) in [5.41, 5.74) is 4.26. The van der Waals surface area contributed by atoms with Gasteiger partial charge in [-0.1, -0.05) is 0 Å². The second kappa shape index (κ2) is 4.77. The van der Waals surface area contributed by atoms with Crippen LogP contribution in [0.3, 0.4) is 0 Å². The molecule has 0 aliphatic rings. The highest BCUT2D eigenvalue weighted by Crippen LogP contribution is 2.28. The SMILES string of the molecule is Nc1cc([N+](=O)[O-])cc(F)c1S(=O)(=O)Nc1cn[nH]c1. The summed E-state index contributed by atoms with van der Waals surface area (Å²) in [5, 5.41) is 16.4. The standard InChI is InChI=1S/C9H8FN5O4S/c10-7-1-6(15(16)17)2-8(11)9(7)20(18,19)14-5-3-12-13-4-5/h1-4,14H,11H2,(H,12,13). The minimum atomic E-state index is -4.32. The topological polar surface area (TPSA) is 144 Å². The van der Waals surface area contributed by atoms with Gasteiger partial charge in [0, 0.05) is 12.3 Å². The third-order valence-electron chi connectivity index (χ3n) is 2.29. The van der Waals surface area contributed by atoms with Crippen molar-refractivity contribution < 1.29 is 17.7 Å². The van der Waals surface area contributed by atoms with Crippen LogP contribution in [0.2, 0.25) is 0 Å². The Morgan fingerprint density at radius 1 is 1.45 bits per heavy atom. The van der Waals surface area contributed by atoms with Crippen LogP contribution < -0.4 is 10.5 Å². The largest absolute Gasteiger partial charge is 0.397 e. The maximum Gasteiger partial charge on any atom is 0.274 e. The maximum atomic E-state index is 13.8. The molecule has 1 heterocycles. The number of aromatic nitrogens is 2. The van der Waals surface area contributed by atoms with Crippen molar-refractivity contribution >= 4 is 27.1 Å². The Labute approximate surface area is 111 Å². The molecule has 0 unspecified atom stereocenters. The van der Waals surface area contributed by atoms with Crippen molar-refractivity contribution in [2.75, 3.05) is 10.5 Å². The van der Waals surface area contributed by atoms with Gasteiger partial charge in [-0.05, 0) is 0 Å². The summed E-state index contributed by atoms with van der Waals surface area (Å²) in [6.45, 7) is 0. The van der Waals surface area contributed by atoms with E-state index < -0.39 is 37.0 Å². The highest BCUT2D eigenvalue weighted by Gasteiger charge is 2.26. The van der Waals surface area contributed by atoms with E-state index in [9.17, 15) is 22.9 Å². The van der Waals surface area contributed by atoms with E-state index in [-0.39, 0.29) is 5.69 Å². The Kier molecular flexibility index (Phi) is 3.28. The number of aromatic amines is 1. The molecule has 11 heteroatoms. The molecule has 0 saturated carbocycles. The number of nitrogens with two attached hydrogens (primary N) is 1. The number of H-pyrrole nitrogens is 1. The molecule has 2 aromatic rings. The van der Waals surface area contributed by atoms with Gasteiger partial charge in [-0.25, -0.2) is 12.8 Å². The van der Waals surface area contributed by atoms with Crippen molar-refractivity contribution in [2.45, 2.75) is 4.90 Å². The van der Waals surface area contributed by atoms with Crippen LogP contribution >= 0.6 is 0 Å². The molecule has 2 rings (SSSR count). The van der Waals surface area contributed by atoms with Crippen LogP contribution in [0, 0.1) is 15.9 Å². The molecule has 0 bridgehead atoms. The predicted octanol–water partition coefficient (Wildman–Crippen LogP) is 0.840. The van der Waals surface area contributed by atoms with E-state index in [4.69, 9.17) is 5.73 Å². The lowest BCUT2D eigenvalue weighted by Gasteiger charge is -2.09. The summed E-state index contributed by atoms with van der Waals surface area (Å²) in [5.74, 6) is -1.31. The molecule has 9 nitrogen and oxygen atoms in total. The van der Waals surface area contributed by atoms with Crippen molar-refractivity contribution in [3.8, 4) is 0 Å². The number of nitrogen functional groups attached to an aromatic ring is 1. The number of nitrogens with zero attached hydrogens (tertiary/aromatic N) is 2. The van der Waals surface area contributed by atoms with Gasteiger partial charge in [0.05, 0.1) is 28.6 Å². The summed E-state index contributed by atoms with van der Waals surface area (Å²) in [6, 6.07) is 1.26. The number of non-ortho nitro benzene ring substituents is 1. The first-order valence-electron chi connectivity index (χ1n) is 5.06. The fourth-order valence-corrected chi connectivity index (χ4v) is 2.71. The first-order chi connectivity index (χ1) is 9.31. The van der Waals surface area contributed by atoms with E-state index in [1.54, 1.807) is 0 Å². The number of nitro groups is 1. The van der Waals surface area contributed by atoms with Crippen LogP contribution in [0.25, 0.3) is 0 Å². The fourth-order valence-electron chi connectivity index (χ4n) is 1.50. The third kappa shape index (κ3) is 2.51. The number of nitrogens with one attached hydrogen (secondary N) is 2. The summed E-state index contributed by atoms with van der Waals surface area (Å²) >= 11 is 0. The smallest absolute Gasteiger partial charge is 0.274 e. The number of hydrogen-bond donors (Lipinski definition) is 3. The molecule has 106 valence electrons. The maximum absolute atomic E-state index is 13.8. The number of rotatable bonds is 4. The fraction of sp³-hybridized carbons (Fsp3) is 0. The Morgan fingerprint density at radius 3 is 2.65 bits per heavy atom. The van der Waals surface area contributed by atoms with E-state index in [1.807, 2.05) is 4.72 Å². The van der Waals surface area contributed by atoms with Gasteiger partial charge in [-0.15, -0.1) is 0 Å². The van der Waals surface area contributed by atoms with Crippen LogP contribution in [-0.2, 0) is 10.0 Å². The summed E-state index contributed by atoms with van der Waals surface area (Å²) in [7, 11) is -4.32. The highest BCUT2D eigenvalue weighted by molar-refractivity contribution is 7.92. The molecular formula is C9H8FN5O4S. The second-order valence-corrected chi connectivity index (χ2v) is 5.31. The average molecular weight is 301 g/mol. The minimum Gasteiger partial charge on any atom is -0.397 e. The highest BCUT2D eigenvalue weighted by atomic mass is 32.2. The number of hydrogen-bond acceptors (Lipinski definition) is 6. The molecule has 0 saturated heterocycles. The van der Waals surface area contributed by atoms with Gasteiger partial charge in [-0.3, -0.25) is 19.9 Å². The monoisotopic (exact) mass is 301 g/mol. The summed E-state index contributed by atoms with van der Waals surface area (Å²) in [4.78, 5) is 8.80. The first-order valence-corrected chi connectivity index (χ1v) is 6.54. The van der Waals surface area contributed by atoms with E-state index >= 15 is 0 Å². The van der Waals surface area contributed by atoms with Crippen molar-refractivity contribution in [3.63, 3.8) is 0 Å². The number of halogens is 1. The molecule has 0 atom stereocenters. The number of benzene rings is 1. The van der Waals surface area contributed by atoms with Crippen molar-refractivity contribution in [1.82, 2.24) is 10.2 Å². The Bertz CT molecular complexity index is 736. The molecule has 0 spiro atoms. The normalized spacial score (nSPS) is 11.2. The van der Waals surface area contributed by atoms with Gasteiger partial charge in [-0.2, -0.15) is 5.10 Å². The first kappa shape index (κ1) is 13.7. The second-order valence-electron chi connectivity index (χ2n) is 3.70. The van der Waals surface area contributed by atoms with Gasteiger partial charge < -0.3 is 5.73 Å². The molecule has 0 aliphatic heterocycles. The van der Waals surface area contributed by atoms with Gasteiger partial charge in [0.2, 0.25) is 0 Å². The Balaban J connectivity index is 2.49. The number of sulfonamides is 1. The van der Waals surface area contributed by atoms with Gasteiger partial charge in [0.1, 0.15) is 4.90 Å². The Morgan fingerprint density at radius 2 is 2.15 bits per heavy atom. The molecule has 0 fully saturated rings. The van der Waals surface area contributed by atoms with Crippen molar-refractivity contribution in [1.29, 1.82) is 0 Å². The lowest BCUT2D eigenvalue weighted by molar-refractivity contribution is -0.385. The lowest BCUT2D eigenvalue weighted by atomic mass is 10.3. The zero-order valence-electron chi connectivity index (χ0n) is 9.70. The van der Waals surface area contributed by atoms with Crippen LogP contribution in [-0.4, -0.2) is 23.5 Å². The van der Waals surface area contributed by atoms with Crippen LogP contribution in [0.5, 0.6) is 0 Å². The summed E-state index contributed by atoms with van der Waals surface area (Å²) < 4.78 is 39.8. The van der Waals surface area contributed by atoms with Crippen molar-refractivity contribution in [3.05, 3.63) is 40.5 Å². The van der Waals surface area contributed by atoms with E-state index in [0.717, 1.165) is 12.3 Å². The predicted molar refractivity (Wildman–Crippen MR) is 66.9 cm³/mol. The zero-order chi connectivity index (χ0) is 14.9. The van der Waals surface area contributed by atoms with Crippen LogP contribution in [0.1, 0.15) is 0 Å². The lowest BCUT2D eigenvalue weighted by Crippen LogP contribution is -2.16. The van der Waals surface area contributed by atoms with E-state index in [2.05, 4.69) is 10.2 Å². The van der Waals surface area contributed by atoms with Crippen LogP contribution in [0.15, 0.2) is 29.4 Å². The molecular weight excluding hydrogens is 293 g/mol. The van der Waals surface area contributed by atoms with Gasteiger partial charge in [0.25, 0.3) is 15.7 Å². The van der Waals surface area contributed by atoms with E-state index in [1.165, 1.54) is 6.20 Å². The number of nitro benzene ring substituents is 1. The average Bonchev–Trinajstić information content (AvgIpc) is 2.79. The molecule has 20 heavy (non-hydrogen) atoms. The molecule has 0 amide bonds. The van der Waals surface area contributed by atoms with Gasteiger partial charge in [0.15, 0.2) is 5.82 Å². The Hall–Kier alpha value is -2.69. The van der Waals surface area contributed by atoms with Crippen LogP contribution in [0.4, 0.5) is 21.5 Å². The minimum absolute atomic E-state index is 0.0714. The van der Waals surface area contributed by atoms with Gasteiger partial charge >= 0.3 is 0 Å². The molecule has 0 aliphatic carbocycles. The third-order valence-corrected chi connectivity index (χ3v) is 3.76. The van der Waals surface area contributed by atoms with E-state index in [0.29, 0.717) is 6.07 Å². The quantitative estimate of drug-likeness (QED) is 0.433. The molecule has 4 N–H and O–H groups in total. The molecule has 1 aromatic carbocycles.